The highest BCUT2D eigenvalue weighted by molar-refractivity contribution is 5.94. The predicted octanol–water partition coefficient (Wildman–Crippen LogP) is 3.12. The maximum atomic E-state index is 12.5. The smallest absolute Gasteiger partial charge is 0.416 e. The van der Waals surface area contributed by atoms with Crippen LogP contribution in [0.2, 0.25) is 0 Å². The molecule has 0 fully saturated rings. The summed E-state index contributed by atoms with van der Waals surface area (Å²) < 4.78 is 42.2. The summed E-state index contributed by atoms with van der Waals surface area (Å²) in [7, 11) is 0. The molecular weight excluding hydrogens is 299 g/mol. The molecule has 0 aliphatic carbocycles. The summed E-state index contributed by atoms with van der Waals surface area (Å²) in [5, 5.41) is 0. The van der Waals surface area contributed by atoms with Crippen LogP contribution in [-0.2, 0) is 15.7 Å². The van der Waals surface area contributed by atoms with Gasteiger partial charge in [0.1, 0.15) is 0 Å². The second-order valence-corrected chi connectivity index (χ2v) is 4.51. The molecule has 0 atom stereocenters. The van der Waals surface area contributed by atoms with Crippen LogP contribution in [0.3, 0.4) is 0 Å². The van der Waals surface area contributed by atoms with Gasteiger partial charge in [-0.2, -0.15) is 13.2 Å². The Morgan fingerprint density at radius 1 is 1.14 bits per heavy atom. The summed E-state index contributed by atoms with van der Waals surface area (Å²) in [5.74, 6) is -0.832. The van der Waals surface area contributed by atoms with E-state index in [1.165, 1.54) is 4.90 Å². The molecule has 0 aliphatic rings. The van der Waals surface area contributed by atoms with Crippen molar-refractivity contribution in [1.82, 2.24) is 4.90 Å². The first-order chi connectivity index (χ1) is 10.3. The fourth-order valence-electron chi connectivity index (χ4n) is 1.85. The summed E-state index contributed by atoms with van der Waals surface area (Å²) >= 11 is 0. The van der Waals surface area contributed by atoms with E-state index in [1.54, 1.807) is 13.8 Å². The Morgan fingerprint density at radius 2 is 1.73 bits per heavy atom. The third kappa shape index (κ3) is 5.05. The molecule has 0 spiro atoms. The molecule has 0 unspecified atom stereocenters. The van der Waals surface area contributed by atoms with Gasteiger partial charge in [-0.3, -0.25) is 9.59 Å². The van der Waals surface area contributed by atoms with Crippen molar-refractivity contribution in [2.45, 2.75) is 26.4 Å². The van der Waals surface area contributed by atoms with Crippen LogP contribution >= 0.6 is 0 Å². The van der Waals surface area contributed by atoms with Crippen LogP contribution in [0, 0.1) is 0 Å². The zero-order valence-electron chi connectivity index (χ0n) is 12.4. The van der Waals surface area contributed by atoms with E-state index in [1.807, 2.05) is 0 Å². The number of amides is 1. The monoisotopic (exact) mass is 317 g/mol. The number of nitrogens with zero attached hydrogens (tertiary/aromatic N) is 1. The highest BCUT2D eigenvalue weighted by Gasteiger charge is 2.30. The first-order valence-corrected chi connectivity index (χ1v) is 6.91. The van der Waals surface area contributed by atoms with Gasteiger partial charge in [-0.1, -0.05) is 0 Å². The van der Waals surface area contributed by atoms with Crippen molar-refractivity contribution in [3.63, 3.8) is 0 Å². The van der Waals surface area contributed by atoms with E-state index in [0.29, 0.717) is 6.54 Å². The number of carbonyl (C=O) groups is 2. The number of hydrogen-bond acceptors (Lipinski definition) is 3. The maximum absolute atomic E-state index is 12.5. The zero-order chi connectivity index (χ0) is 16.8. The Bertz CT molecular complexity index is 512. The zero-order valence-corrected chi connectivity index (χ0v) is 12.4. The summed E-state index contributed by atoms with van der Waals surface area (Å²) in [6.45, 7) is 4.18. The van der Waals surface area contributed by atoms with E-state index in [2.05, 4.69) is 0 Å². The highest BCUT2D eigenvalue weighted by Crippen LogP contribution is 2.29. The Kier molecular flexibility index (Phi) is 6.39. The van der Waals surface area contributed by atoms with Crippen molar-refractivity contribution in [1.29, 1.82) is 0 Å². The third-order valence-corrected chi connectivity index (χ3v) is 3.02. The molecular formula is C15H18F3NO3. The summed E-state index contributed by atoms with van der Waals surface area (Å²) in [6, 6.07) is 4.01. The molecule has 0 radical (unpaired) electrons. The van der Waals surface area contributed by atoms with Crippen molar-refractivity contribution in [3.8, 4) is 0 Å². The first kappa shape index (κ1) is 18.0. The van der Waals surface area contributed by atoms with Crippen LogP contribution in [-0.4, -0.2) is 36.5 Å². The molecule has 7 heteroatoms. The predicted molar refractivity (Wildman–Crippen MR) is 74.3 cm³/mol. The van der Waals surface area contributed by atoms with Gasteiger partial charge in [0.15, 0.2) is 0 Å². The van der Waals surface area contributed by atoms with E-state index < -0.39 is 23.6 Å². The standard InChI is InChI=1S/C15H18F3NO3/c1-3-19(10-9-13(20)22-4-2)14(21)11-5-7-12(8-6-11)15(16,17)18/h5-8H,3-4,9-10H2,1-2H3. The fraction of sp³-hybridized carbons (Fsp3) is 0.467. The Balaban J connectivity index is 2.73. The van der Waals surface area contributed by atoms with Gasteiger partial charge in [0.25, 0.3) is 5.91 Å². The van der Waals surface area contributed by atoms with E-state index in [9.17, 15) is 22.8 Å². The summed E-state index contributed by atoms with van der Waals surface area (Å²) in [5.41, 5.74) is -0.655. The summed E-state index contributed by atoms with van der Waals surface area (Å²) in [4.78, 5) is 24.9. The van der Waals surface area contributed by atoms with Gasteiger partial charge < -0.3 is 9.64 Å². The molecule has 1 aromatic rings. The molecule has 1 aromatic carbocycles. The number of ether oxygens (including phenoxy) is 1. The van der Waals surface area contributed by atoms with Gasteiger partial charge in [-0.25, -0.2) is 0 Å². The second kappa shape index (κ2) is 7.82. The molecule has 0 bridgehead atoms. The van der Waals surface area contributed by atoms with Gasteiger partial charge >= 0.3 is 12.1 Å². The molecule has 0 aromatic heterocycles. The van der Waals surface area contributed by atoms with Gasteiger partial charge in [0.05, 0.1) is 18.6 Å². The molecule has 1 amide bonds. The molecule has 0 N–H and O–H groups in total. The molecule has 0 saturated heterocycles. The van der Waals surface area contributed by atoms with E-state index in [4.69, 9.17) is 4.74 Å². The quantitative estimate of drug-likeness (QED) is 0.757. The fourth-order valence-corrected chi connectivity index (χ4v) is 1.85. The second-order valence-electron chi connectivity index (χ2n) is 4.51. The van der Waals surface area contributed by atoms with Crippen molar-refractivity contribution >= 4 is 11.9 Å². The number of esters is 1. The molecule has 0 saturated carbocycles. The van der Waals surface area contributed by atoms with Crippen LogP contribution in [0.5, 0.6) is 0 Å². The Morgan fingerprint density at radius 3 is 2.18 bits per heavy atom. The van der Waals surface area contributed by atoms with E-state index >= 15 is 0 Å². The van der Waals surface area contributed by atoms with Crippen LogP contribution in [0.25, 0.3) is 0 Å². The summed E-state index contributed by atoms with van der Waals surface area (Å²) in [6.07, 6.45) is -4.38. The van der Waals surface area contributed by atoms with Crippen molar-refractivity contribution in [2.75, 3.05) is 19.7 Å². The minimum atomic E-state index is -4.43. The van der Waals surface area contributed by atoms with Gasteiger partial charge in [0, 0.05) is 18.7 Å². The normalized spacial score (nSPS) is 11.1. The number of rotatable bonds is 6. The number of benzene rings is 1. The average Bonchev–Trinajstić information content (AvgIpc) is 2.47. The minimum absolute atomic E-state index is 0.0497. The topological polar surface area (TPSA) is 46.6 Å². The highest BCUT2D eigenvalue weighted by atomic mass is 19.4. The maximum Gasteiger partial charge on any atom is 0.416 e. The third-order valence-electron chi connectivity index (χ3n) is 3.02. The largest absolute Gasteiger partial charge is 0.466 e. The molecule has 0 aliphatic heterocycles. The Hall–Kier alpha value is -2.05. The van der Waals surface area contributed by atoms with Crippen LogP contribution in [0.4, 0.5) is 13.2 Å². The van der Waals surface area contributed by atoms with Crippen molar-refractivity contribution in [3.05, 3.63) is 35.4 Å². The van der Waals surface area contributed by atoms with Crippen LogP contribution in [0.15, 0.2) is 24.3 Å². The first-order valence-electron chi connectivity index (χ1n) is 6.91. The van der Waals surface area contributed by atoms with Gasteiger partial charge in [-0.05, 0) is 38.1 Å². The molecule has 22 heavy (non-hydrogen) atoms. The molecule has 122 valence electrons. The van der Waals surface area contributed by atoms with Crippen LogP contribution < -0.4 is 0 Å². The van der Waals surface area contributed by atoms with Crippen molar-refractivity contribution < 1.29 is 27.5 Å². The number of alkyl halides is 3. The number of halogens is 3. The lowest BCUT2D eigenvalue weighted by Gasteiger charge is -2.20. The van der Waals surface area contributed by atoms with E-state index in [-0.39, 0.29) is 25.1 Å². The minimum Gasteiger partial charge on any atom is -0.466 e. The SMILES string of the molecule is CCOC(=O)CCN(CC)C(=O)c1ccc(C(F)(F)F)cc1. The molecule has 4 nitrogen and oxygen atoms in total. The average molecular weight is 317 g/mol. The Labute approximate surface area is 126 Å². The van der Waals surface area contributed by atoms with Gasteiger partial charge in [-0.15, -0.1) is 0 Å². The lowest BCUT2D eigenvalue weighted by atomic mass is 10.1. The lowest BCUT2D eigenvalue weighted by Crippen LogP contribution is -2.33. The number of hydrogen-bond donors (Lipinski definition) is 0. The molecule has 1 rings (SSSR count). The van der Waals surface area contributed by atoms with E-state index in [0.717, 1.165) is 24.3 Å². The van der Waals surface area contributed by atoms with Crippen molar-refractivity contribution in [2.24, 2.45) is 0 Å². The van der Waals surface area contributed by atoms with Gasteiger partial charge in [0.2, 0.25) is 0 Å². The molecule has 0 heterocycles. The van der Waals surface area contributed by atoms with Crippen LogP contribution in [0.1, 0.15) is 36.2 Å². The number of carbonyl (C=O) groups excluding carboxylic acids is 2. The lowest BCUT2D eigenvalue weighted by molar-refractivity contribution is -0.143.